The minimum atomic E-state index is 0.653. The first-order valence-electron chi connectivity index (χ1n) is 3.51. The highest BCUT2D eigenvalue weighted by Crippen LogP contribution is 2.16. The molecule has 0 heteroatoms. The van der Waals surface area contributed by atoms with Crippen molar-refractivity contribution in [2.24, 2.45) is 5.92 Å². The number of rotatable bonds is 0. The Morgan fingerprint density at radius 1 is 1.44 bits per heavy atom. The van der Waals surface area contributed by atoms with E-state index in [9.17, 15) is 0 Å². The fourth-order valence-electron chi connectivity index (χ4n) is 1.13. The zero-order valence-electron chi connectivity index (χ0n) is 5.85. The summed E-state index contributed by atoms with van der Waals surface area (Å²) in [5.74, 6) is 6.79. The molecule has 0 saturated carbocycles. The van der Waals surface area contributed by atoms with Crippen molar-refractivity contribution >= 4 is 0 Å². The van der Waals surface area contributed by atoms with Gasteiger partial charge >= 0.3 is 0 Å². The first-order chi connectivity index (χ1) is 4.43. The van der Waals surface area contributed by atoms with Gasteiger partial charge in [-0.1, -0.05) is 18.1 Å². The Hall–Kier alpha value is -0.700. The predicted molar refractivity (Wildman–Crippen MR) is 39.9 cm³/mol. The van der Waals surface area contributed by atoms with E-state index in [4.69, 9.17) is 0 Å². The molecule has 0 nitrogen and oxygen atoms in total. The van der Waals surface area contributed by atoms with Crippen molar-refractivity contribution in [3.63, 3.8) is 0 Å². The summed E-state index contributed by atoms with van der Waals surface area (Å²) in [4.78, 5) is 0. The fourth-order valence-corrected chi connectivity index (χ4v) is 1.13. The van der Waals surface area contributed by atoms with E-state index < -0.39 is 0 Å². The Morgan fingerprint density at radius 3 is 2.89 bits per heavy atom. The lowest BCUT2D eigenvalue weighted by molar-refractivity contribution is 0.603. The molecule has 0 N–H and O–H groups in total. The van der Waals surface area contributed by atoms with E-state index in [1.165, 1.54) is 19.3 Å². The van der Waals surface area contributed by atoms with Crippen molar-refractivity contribution < 1.29 is 0 Å². The number of hydrogen-bond acceptors (Lipinski definition) is 0. The molecule has 1 aliphatic rings. The van der Waals surface area contributed by atoms with Crippen molar-refractivity contribution in [2.75, 3.05) is 0 Å². The first kappa shape index (κ1) is 6.42. The van der Waals surface area contributed by atoms with Crippen molar-refractivity contribution in [3.8, 4) is 11.8 Å². The highest BCUT2D eigenvalue weighted by atomic mass is 14.1. The maximum absolute atomic E-state index is 3.18. The zero-order valence-corrected chi connectivity index (χ0v) is 5.85. The van der Waals surface area contributed by atoms with E-state index in [-0.39, 0.29) is 0 Å². The standard InChI is InChI=1S/C9H12/c1-2-6-9-7-4-3-5-8-9/h3-4,9H,5,7-8H2,1H3. The molecular weight excluding hydrogens is 108 g/mol. The van der Waals surface area contributed by atoms with Crippen LogP contribution < -0.4 is 0 Å². The smallest absolute Gasteiger partial charge is 0.0240 e. The van der Waals surface area contributed by atoms with Crippen LogP contribution in [0.5, 0.6) is 0 Å². The van der Waals surface area contributed by atoms with Gasteiger partial charge in [0.15, 0.2) is 0 Å². The predicted octanol–water partition coefficient (Wildman–Crippen LogP) is 2.37. The largest absolute Gasteiger partial charge is 0.106 e. The fraction of sp³-hybridized carbons (Fsp3) is 0.556. The topological polar surface area (TPSA) is 0 Å². The molecule has 0 spiro atoms. The van der Waals surface area contributed by atoms with E-state index in [0.717, 1.165) is 0 Å². The minimum Gasteiger partial charge on any atom is -0.106 e. The number of hydrogen-bond donors (Lipinski definition) is 0. The highest BCUT2D eigenvalue weighted by Gasteiger charge is 2.04. The summed E-state index contributed by atoms with van der Waals surface area (Å²) in [5.41, 5.74) is 0. The third-order valence-electron chi connectivity index (χ3n) is 1.62. The average molecular weight is 120 g/mol. The van der Waals surface area contributed by atoms with Crippen LogP contribution in [-0.4, -0.2) is 0 Å². The van der Waals surface area contributed by atoms with Crippen LogP contribution in [0.4, 0.5) is 0 Å². The first-order valence-corrected chi connectivity index (χ1v) is 3.51. The van der Waals surface area contributed by atoms with Gasteiger partial charge in [-0.05, 0) is 26.2 Å². The van der Waals surface area contributed by atoms with E-state index in [1.54, 1.807) is 0 Å². The summed E-state index contributed by atoms with van der Waals surface area (Å²) in [6.45, 7) is 1.92. The lowest BCUT2D eigenvalue weighted by atomic mass is 9.95. The third kappa shape index (κ3) is 1.93. The monoisotopic (exact) mass is 120 g/mol. The Labute approximate surface area is 57.0 Å². The lowest BCUT2D eigenvalue weighted by Gasteiger charge is -2.09. The van der Waals surface area contributed by atoms with E-state index in [2.05, 4.69) is 24.0 Å². The molecule has 1 aliphatic carbocycles. The molecule has 0 aromatic heterocycles. The summed E-state index contributed by atoms with van der Waals surface area (Å²) >= 11 is 0. The van der Waals surface area contributed by atoms with Crippen LogP contribution in [0.15, 0.2) is 12.2 Å². The van der Waals surface area contributed by atoms with Crippen molar-refractivity contribution in [1.29, 1.82) is 0 Å². The SMILES string of the molecule is CC#CC1CC=CCC1. The van der Waals surface area contributed by atoms with E-state index >= 15 is 0 Å². The summed E-state index contributed by atoms with van der Waals surface area (Å²) in [7, 11) is 0. The summed E-state index contributed by atoms with van der Waals surface area (Å²) in [6.07, 6.45) is 8.13. The third-order valence-corrected chi connectivity index (χ3v) is 1.62. The Balaban J connectivity index is 2.41. The van der Waals surface area contributed by atoms with Crippen molar-refractivity contribution in [1.82, 2.24) is 0 Å². The second kappa shape index (κ2) is 3.35. The average Bonchev–Trinajstić information content (AvgIpc) is 1.91. The summed E-state index contributed by atoms with van der Waals surface area (Å²) in [5, 5.41) is 0. The van der Waals surface area contributed by atoms with Gasteiger partial charge in [-0.15, -0.1) is 5.92 Å². The molecule has 1 atom stereocenters. The molecule has 1 unspecified atom stereocenters. The van der Waals surface area contributed by atoms with Gasteiger partial charge in [0.2, 0.25) is 0 Å². The molecule has 0 heterocycles. The maximum atomic E-state index is 3.18. The van der Waals surface area contributed by atoms with Crippen LogP contribution >= 0.6 is 0 Å². The van der Waals surface area contributed by atoms with Crippen LogP contribution in [0.1, 0.15) is 26.2 Å². The van der Waals surface area contributed by atoms with Gasteiger partial charge in [0.1, 0.15) is 0 Å². The van der Waals surface area contributed by atoms with Crippen LogP contribution in [0, 0.1) is 17.8 Å². The molecule has 0 saturated heterocycles. The van der Waals surface area contributed by atoms with Crippen LogP contribution in [0.2, 0.25) is 0 Å². The second-order valence-corrected chi connectivity index (χ2v) is 2.38. The van der Waals surface area contributed by atoms with Gasteiger partial charge in [0.25, 0.3) is 0 Å². The zero-order chi connectivity index (χ0) is 6.53. The quantitative estimate of drug-likeness (QED) is 0.340. The van der Waals surface area contributed by atoms with Crippen molar-refractivity contribution in [3.05, 3.63) is 12.2 Å². The van der Waals surface area contributed by atoms with E-state index in [1.807, 2.05) is 6.92 Å². The minimum absolute atomic E-state index is 0.653. The molecular formula is C9H12. The summed E-state index contributed by atoms with van der Waals surface area (Å²) in [6, 6.07) is 0. The van der Waals surface area contributed by atoms with Crippen LogP contribution in [-0.2, 0) is 0 Å². The molecule has 0 fully saturated rings. The summed E-state index contributed by atoms with van der Waals surface area (Å²) < 4.78 is 0. The Kier molecular flexibility index (Phi) is 2.39. The second-order valence-electron chi connectivity index (χ2n) is 2.38. The molecule has 0 amide bonds. The van der Waals surface area contributed by atoms with Crippen LogP contribution in [0.3, 0.4) is 0 Å². The van der Waals surface area contributed by atoms with Gasteiger partial charge in [0, 0.05) is 5.92 Å². The maximum Gasteiger partial charge on any atom is 0.0240 e. The number of allylic oxidation sites excluding steroid dienone is 2. The molecule has 9 heavy (non-hydrogen) atoms. The van der Waals surface area contributed by atoms with Gasteiger partial charge in [-0.25, -0.2) is 0 Å². The Morgan fingerprint density at radius 2 is 2.33 bits per heavy atom. The normalized spacial score (nSPS) is 24.8. The van der Waals surface area contributed by atoms with Gasteiger partial charge in [0.05, 0.1) is 0 Å². The van der Waals surface area contributed by atoms with Crippen LogP contribution in [0.25, 0.3) is 0 Å². The highest BCUT2D eigenvalue weighted by molar-refractivity contribution is 5.06. The van der Waals surface area contributed by atoms with E-state index in [0.29, 0.717) is 5.92 Å². The van der Waals surface area contributed by atoms with Crippen molar-refractivity contribution in [2.45, 2.75) is 26.2 Å². The molecule has 1 rings (SSSR count). The molecule has 0 aromatic rings. The van der Waals surface area contributed by atoms with Gasteiger partial charge in [-0.2, -0.15) is 0 Å². The molecule has 0 radical (unpaired) electrons. The Bertz CT molecular complexity index is 155. The van der Waals surface area contributed by atoms with Gasteiger partial charge in [-0.3, -0.25) is 0 Å². The molecule has 48 valence electrons. The molecule has 0 aliphatic heterocycles. The molecule has 0 bridgehead atoms. The van der Waals surface area contributed by atoms with Gasteiger partial charge < -0.3 is 0 Å². The molecule has 0 aromatic carbocycles. The lowest BCUT2D eigenvalue weighted by Crippen LogP contribution is -1.97.